The maximum absolute atomic E-state index is 11.7. The van der Waals surface area contributed by atoms with Gasteiger partial charge in [-0.1, -0.05) is 6.92 Å². The maximum atomic E-state index is 11.7. The van der Waals surface area contributed by atoms with Crippen LogP contribution in [0.5, 0.6) is 0 Å². The first-order valence-corrected chi connectivity index (χ1v) is 7.91. The van der Waals surface area contributed by atoms with Gasteiger partial charge in [0.05, 0.1) is 17.8 Å². The number of hydrogen-bond acceptors (Lipinski definition) is 4. The van der Waals surface area contributed by atoms with E-state index in [0.29, 0.717) is 23.1 Å². The molecular weight excluding hydrogens is 308 g/mol. The monoisotopic (exact) mass is 322 g/mol. The fourth-order valence-electron chi connectivity index (χ4n) is 1.30. The van der Waals surface area contributed by atoms with Crippen molar-refractivity contribution in [3.63, 3.8) is 0 Å². The van der Waals surface area contributed by atoms with Gasteiger partial charge in [0.1, 0.15) is 14.3 Å². The fourth-order valence-corrected chi connectivity index (χ4v) is 2.49. The summed E-state index contributed by atoms with van der Waals surface area (Å²) in [5.74, 6) is 0.235. The summed E-state index contributed by atoms with van der Waals surface area (Å²) in [5.41, 5.74) is 0.457. The largest absolute Gasteiger partial charge is 0.298 e. The predicted molar refractivity (Wildman–Crippen MR) is 69.9 cm³/mol. The molecule has 1 aromatic rings. The third-order valence-corrected chi connectivity index (χ3v) is 5.15. The molecule has 17 heavy (non-hydrogen) atoms. The smallest absolute Gasteiger partial charge is 0.267 e. The molecule has 5 nitrogen and oxygen atoms in total. The molecule has 0 aliphatic rings. The molecule has 0 N–H and O–H groups in total. The minimum atomic E-state index is -2.97. The Balaban J connectivity index is 2.72. The lowest BCUT2D eigenvalue weighted by Crippen LogP contribution is -2.23. The van der Waals surface area contributed by atoms with Crippen LogP contribution in [0.2, 0.25) is 0 Å². The lowest BCUT2D eigenvalue weighted by Gasteiger charge is -2.06. The SMILES string of the molecule is CCS(=O)(=O)CCCn1cnc(C)c(Br)c1=O. The van der Waals surface area contributed by atoms with Gasteiger partial charge in [0.2, 0.25) is 0 Å². The molecule has 0 aromatic carbocycles. The Morgan fingerprint density at radius 1 is 1.47 bits per heavy atom. The van der Waals surface area contributed by atoms with E-state index in [1.54, 1.807) is 13.8 Å². The van der Waals surface area contributed by atoms with Crippen LogP contribution in [0, 0.1) is 6.92 Å². The Labute approximate surface area is 109 Å². The van der Waals surface area contributed by atoms with Crippen molar-refractivity contribution in [3.05, 3.63) is 26.8 Å². The van der Waals surface area contributed by atoms with Gasteiger partial charge < -0.3 is 0 Å². The van der Waals surface area contributed by atoms with Crippen LogP contribution in [0.4, 0.5) is 0 Å². The van der Waals surface area contributed by atoms with Gasteiger partial charge in [0.25, 0.3) is 5.56 Å². The lowest BCUT2D eigenvalue weighted by molar-refractivity contribution is 0.582. The van der Waals surface area contributed by atoms with Gasteiger partial charge in [-0.15, -0.1) is 0 Å². The van der Waals surface area contributed by atoms with Crippen molar-refractivity contribution in [1.29, 1.82) is 0 Å². The highest BCUT2D eigenvalue weighted by Gasteiger charge is 2.09. The highest BCUT2D eigenvalue weighted by molar-refractivity contribution is 9.10. The molecule has 1 rings (SSSR count). The summed E-state index contributed by atoms with van der Waals surface area (Å²) in [7, 11) is -2.97. The molecule has 0 bridgehead atoms. The standard InChI is InChI=1S/C10H15BrN2O3S/c1-3-17(15,16)6-4-5-13-7-12-8(2)9(11)10(13)14/h7H,3-6H2,1-2H3. The van der Waals surface area contributed by atoms with E-state index in [2.05, 4.69) is 20.9 Å². The minimum absolute atomic E-state index is 0.0986. The Hall–Kier alpha value is -0.690. The number of rotatable bonds is 5. The van der Waals surface area contributed by atoms with Gasteiger partial charge in [-0.05, 0) is 29.3 Å². The van der Waals surface area contributed by atoms with Crippen LogP contribution >= 0.6 is 15.9 Å². The third kappa shape index (κ3) is 3.92. The van der Waals surface area contributed by atoms with E-state index in [-0.39, 0.29) is 17.1 Å². The molecule has 0 aliphatic carbocycles. The first-order chi connectivity index (χ1) is 7.87. The number of aromatic nitrogens is 2. The number of nitrogens with zero attached hydrogens (tertiary/aromatic N) is 2. The molecule has 96 valence electrons. The summed E-state index contributed by atoms with van der Waals surface area (Å²) in [6.07, 6.45) is 1.87. The minimum Gasteiger partial charge on any atom is -0.298 e. The first kappa shape index (κ1) is 14.4. The highest BCUT2D eigenvalue weighted by atomic mass is 79.9. The third-order valence-electron chi connectivity index (χ3n) is 2.45. The van der Waals surface area contributed by atoms with E-state index in [9.17, 15) is 13.2 Å². The topological polar surface area (TPSA) is 69.0 Å². The van der Waals surface area contributed by atoms with Gasteiger partial charge in [-0.25, -0.2) is 13.4 Å². The van der Waals surface area contributed by atoms with Crippen molar-refractivity contribution in [3.8, 4) is 0 Å². The molecule has 1 heterocycles. The molecule has 0 fully saturated rings. The van der Waals surface area contributed by atoms with Crippen LogP contribution in [0.1, 0.15) is 19.0 Å². The number of sulfone groups is 1. The van der Waals surface area contributed by atoms with Crippen molar-refractivity contribution in [2.24, 2.45) is 0 Å². The number of aryl methyl sites for hydroxylation is 2. The molecule has 7 heteroatoms. The van der Waals surface area contributed by atoms with E-state index < -0.39 is 9.84 Å². The van der Waals surface area contributed by atoms with Gasteiger partial charge in [-0.3, -0.25) is 9.36 Å². The summed E-state index contributed by atoms with van der Waals surface area (Å²) in [6, 6.07) is 0. The van der Waals surface area contributed by atoms with Crippen LogP contribution < -0.4 is 5.56 Å². The van der Waals surface area contributed by atoms with Crippen molar-refractivity contribution in [1.82, 2.24) is 9.55 Å². The summed E-state index contributed by atoms with van der Waals surface area (Å²) in [6.45, 7) is 3.72. The quantitative estimate of drug-likeness (QED) is 0.815. The van der Waals surface area contributed by atoms with E-state index in [0.717, 1.165) is 0 Å². The Bertz CT molecular complexity index is 551. The molecule has 0 saturated heterocycles. The van der Waals surface area contributed by atoms with Crippen molar-refractivity contribution in [2.75, 3.05) is 11.5 Å². The van der Waals surface area contributed by atoms with Gasteiger partial charge in [0, 0.05) is 12.3 Å². The fraction of sp³-hybridized carbons (Fsp3) is 0.600. The predicted octanol–water partition coefficient (Wildman–Crippen LogP) is 1.14. The zero-order valence-electron chi connectivity index (χ0n) is 9.81. The molecule has 0 atom stereocenters. The van der Waals surface area contributed by atoms with Gasteiger partial charge in [0.15, 0.2) is 0 Å². The van der Waals surface area contributed by atoms with Crippen molar-refractivity contribution >= 4 is 25.8 Å². The summed E-state index contributed by atoms with van der Waals surface area (Å²) in [4.78, 5) is 15.8. The lowest BCUT2D eigenvalue weighted by atomic mass is 10.4. The second-order valence-electron chi connectivity index (χ2n) is 3.73. The Kier molecular flexibility index (Phi) is 4.88. The summed E-state index contributed by atoms with van der Waals surface area (Å²) >= 11 is 3.16. The molecule has 0 saturated carbocycles. The number of hydrogen-bond donors (Lipinski definition) is 0. The molecule has 0 amide bonds. The molecule has 0 unspecified atom stereocenters. The first-order valence-electron chi connectivity index (χ1n) is 5.29. The zero-order valence-corrected chi connectivity index (χ0v) is 12.2. The van der Waals surface area contributed by atoms with Crippen LogP contribution in [0.3, 0.4) is 0 Å². The highest BCUT2D eigenvalue weighted by Crippen LogP contribution is 2.06. The normalized spacial score (nSPS) is 11.7. The Morgan fingerprint density at radius 2 is 2.12 bits per heavy atom. The van der Waals surface area contributed by atoms with E-state index in [1.165, 1.54) is 10.9 Å². The average molecular weight is 323 g/mol. The van der Waals surface area contributed by atoms with Crippen LogP contribution in [-0.4, -0.2) is 29.5 Å². The van der Waals surface area contributed by atoms with Crippen molar-refractivity contribution in [2.45, 2.75) is 26.8 Å². The van der Waals surface area contributed by atoms with Gasteiger partial charge in [-0.2, -0.15) is 0 Å². The molecule has 0 aliphatic heterocycles. The van der Waals surface area contributed by atoms with Gasteiger partial charge >= 0.3 is 0 Å². The molecule has 1 aromatic heterocycles. The maximum Gasteiger partial charge on any atom is 0.267 e. The zero-order chi connectivity index (χ0) is 13.1. The van der Waals surface area contributed by atoms with E-state index in [1.807, 2.05) is 0 Å². The second-order valence-corrected chi connectivity index (χ2v) is 7.00. The van der Waals surface area contributed by atoms with Crippen LogP contribution in [-0.2, 0) is 16.4 Å². The average Bonchev–Trinajstić information content (AvgIpc) is 2.29. The Morgan fingerprint density at radius 3 is 2.71 bits per heavy atom. The molecule has 0 radical (unpaired) electrons. The van der Waals surface area contributed by atoms with Crippen LogP contribution in [0.25, 0.3) is 0 Å². The summed E-state index contributed by atoms with van der Waals surface area (Å²) < 4.78 is 24.4. The van der Waals surface area contributed by atoms with Crippen molar-refractivity contribution < 1.29 is 8.42 Å². The molecule has 0 spiro atoms. The van der Waals surface area contributed by atoms with Crippen LogP contribution in [0.15, 0.2) is 15.6 Å². The van der Waals surface area contributed by atoms with E-state index >= 15 is 0 Å². The second kappa shape index (κ2) is 5.77. The summed E-state index contributed by atoms with van der Waals surface area (Å²) in [5, 5.41) is 0. The van der Waals surface area contributed by atoms with E-state index in [4.69, 9.17) is 0 Å². The molecular formula is C10H15BrN2O3S. The number of halogens is 1.